The van der Waals surface area contributed by atoms with Crippen molar-refractivity contribution in [3.8, 4) is 0 Å². The molecule has 0 aliphatic rings. The van der Waals surface area contributed by atoms with Gasteiger partial charge in [-0.2, -0.15) is 0 Å². The van der Waals surface area contributed by atoms with Gasteiger partial charge in [0.25, 0.3) is 5.91 Å². The molecule has 0 aliphatic heterocycles. The Morgan fingerprint density at radius 2 is 1.88 bits per heavy atom. The highest BCUT2D eigenvalue weighted by atomic mass is 16.5. The number of amides is 1. The number of carbonyl (C=O) groups excluding carboxylic acids is 2. The summed E-state index contributed by atoms with van der Waals surface area (Å²) >= 11 is 0. The topological polar surface area (TPSA) is 46.6 Å². The van der Waals surface area contributed by atoms with Crippen molar-refractivity contribution in [2.24, 2.45) is 0 Å². The minimum Gasteiger partial charge on any atom is -0.452 e. The molecular formula is C12H15NO3. The first-order valence-electron chi connectivity index (χ1n) is 4.95. The zero-order valence-corrected chi connectivity index (χ0v) is 9.69. The zero-order chi connectivity index (χ0) is 12.1. The van der Waals surface area contributed by atoms with Crippen LogP contribution in [0, 0.1) is 6.92 Å². The molecule has 0 N–H and O–H groups in total. The fourth-order valence-electron chi connectivity index (χ4n) is 1.14. The van der Waals surface area contributed by atoms with Gasteiger partial charge >= 0.3 is 5.97 Å². The van der Waals surface area contributed by atoms with Gasteiger partial charge in [0, 0.05) is 14.1 Å². The fourth-order valence-corrected chi connectivity index (χ4v) is 1.14. The van der Waals surface area contributed by atoms with Crippen molar-refractivity contribution in [3.05, 3.63) is 35.4 Å². The molecule has 0 fully saturated rings. The zero-order valence-electron chi connectivity index (χ0n) is 9.69. The van der Waals surface area contributed by atoms with E-state index in [4.69, 9.17) is 4.74 Å². The standard InChI is InChI=1S/C12H15NO3/c1-9-6-4-5-7-10(9)12(15)16-8-11(14)13(2)3/h4-7H,8H2,1-3H3. The molecule has 0 saturated heterocycles. The third-order valence-electron chi connectivity index (χ3n) is 2.19. The van der Waals surface area contributed by atoms with E-state index in [2.05, 4.69) is 0 Å². The molecule has 0 aromatic heterocycles. The SMILES string of the molecule is Cc1ccccc1C(=O)OCC(=O)N(C)C. The Balaban J connectivity index is 2.60. The van der Waals surface area contributed by atoms with Crippen molar-refractivity contribution in [1.29, 1.82) is 0 Å². The van der Waals surface area contributed by atoms with Crippen molar-refractivity contribution in [3.63, 3.8) is 0 Å². The molecule has 1 rings (SSSR count). The van der Waals surface area contributed by atoms with Crippen LogP contribution in [-0.2, 0) is 9.53 Å². The van der Waals surface area contributed by atoms with E-state index >= 15 is 0 Å². The number of hydrogen-bond donors (Lipinski definition) is 0. The van der Waals surface area contributed by atoms with Gasteiger partial charge in [-0.25, -0.2) is 4.79 Å². The van der Waals surface area contributed by atoms with Gasteiger partial charge in [0.1, 0.15) is 0 Å². The third kappa shape index (κ3) is 3.08. The van der Waals surface area contributed by atoms with E-state index in [0.29, 0.717) is 5.56 Å². The molecule has 0 aliphatic carbocycles. The molecule has 0 spiro atoms. The van der Waals surface area contributed by atoms with E-state index in [1.54, 1.807) is 26.2 Å². The number of nitrogens with zero attached hydrogens (tertiary/aromatic N) is 1. The first-order chi connectivity index (χ1) is 7.52. The second-order valence-corrected chi connectivity index (χ2v) is 3.68. The molecule has 0 saturated carbocycles. The van der Waals surface area contributed by atoms with Crippen LogP contribution in [0.3, 0.4) is 0 Å². The van der Waals surface area contributed by atoms with Crippen LogP contribution in [0.4, 0.5) is 0 Å². The summed E-state index contributed by atoms with van der Waals surface area (Å²) in [4.78, 5) is 24.2. The first kappa shape index (κ1) is 12.2. The molecule has 0 atom stereocenters. The van der Waals surface area contributed by atoms with Crippen LogP contribution < -0.4 is 0 Å². The van der Waals surface area contributed by atoms with Crippen molar-refractivity contribution in [1.82, 2.24) is 4.90 Å². The van der Waals surface area contributed by atoms with Gasteiger partial charge in [-0.1, -0.05) is 18.2 Å². The second-order valence-electron chi connectivity index (χ2n) is 3.68. The smallest absolute Gasteiger partial charge is 0.338 e. The molecule has 4 heteroatoms. The molecule has 1 amide bonds. The number of aryl methyl sites for hydroxylation is 1. The summed E-state index contributed by atoms with van der Waals surface area (Å²) in [7, 11) is 3.23. The van der Waals surface area contributed by atoms with Crippen LogP contribution in [0.25, 0.3) is 0 Å². The maximum absolute atomic E-state index is 11.6. The molecule has 1 aromatic carbocycles. The highest BCUT2D eigenvalue weighted by Gasteiger charge is 2.12. The molecule has 0 bridgehead atoms. The number of carbonyl (C=O) groups is 2. The number of likely N-dealkylation sites (N-methyl/N-ethyl adjacent to an activating group) is 1. The minimum absolute atomic E-state index is 0.222. The van der Waals surface area contributed by atoms with E-state index in [9.17, 15) is 9.59 Å². The molecule has 86 valence electrons. The van der Waals surface area contributed by atoms with Gasteiger partial charge in [0.15, 0.2) is 6.61 Å². The van der Waals surface area contributed by atoms with E-state index in [-0.39, 0.29) is 12.5 Å². The van der Waals surface area contributed by atoms with Crippen LogP contribution in [0.1, 0.15) is 15.9 Å². The van der Waals surface area contributed by atoms with Crippen LogP contribution in [0.15, 0.2) is 24.3 Å². The van der Waals surface area contributed by atoms with Crippen molar-refractivity contribution in [2.75, 3.05) is 20.7 Å². The second kappa shape index (κ2) is 5.30. The Bertz CT molecular complexity index is 399. The van der Waals surface area contributed by atoms with Gasteiger partial charge in [0.05, 0.1) is 5.56 Å². The summed E-state index contributed by atoms with van der Waals surface area (Å²) in [6.45, 7) is 1.60. The van der Waals surface area contributed by atoms with Gasteiger partial charge in [-0.15, -0.1) is 0 Å². The lowest BCUT2D eigenvalue weighted by molar-refractivity contribution is -0.131. The summed E-state index contributed by atoms with van der Waals surface area (Å²) in [5.41, 5.74) is 1.33. The van der Waals surface area contributed by atoms with Gasteiger partial charge in [0.2, 0.25) is 0 Å². The molecule has 16 heavy (non-hydrogen) atoms. The number of ether oxygens (including phenoxy) is 1. The minimum atomic E-state index is -0.465. The first-order valence-corrected chi connectivity index (χ1v) is 4.95. The molecule has 0 radical (unpaired) electrons. The summed E-state index contributed by atoms with van der Waals surface area (Å²) in [6, 6.07) is 7.11. The molecular weight excluding hydrogens is 206 g/mol. The average Bonchev–Trinajstić information content (AvgIpc) is 2.25. The maximum Gasteiger partial charge on any atom is 0.338 e. The van der Waals surface area contributed by atoms with E-state index in [1.165, 1.54) is 4.90 Å². The Hall–Kier alpha value is -1.84. The van der Waals surface area contributed by atoms with Gasteiger partial charge < -0.3 is 9.64 Å². The quantitative estimate of drug-likeness (QED) is 0.721. The summed E-state index contributed by atoms with van der Waals surface area (Å²) in [6.07, 6.45) is 0. The van der Waals surface area contributed by atoms with E-state index in [1.807, 2.05) is 19.1 Å². The summed E-state index contributed by atoms with van der Waals surface area (Å²) in [5.74, 6) is -0.699. The van der Waals surface area contributed by atoms with Crippen molar-refractivity contribution in [2.45, 2.75) is 6.92 Å². The van der Waals surface area contributed by atoms with Gasteiger partial charge in [-0.05, 0) is 18.6 Å². The van der Waals surface area contributed by atoms with Crippen molar-refractivity contribution >= 4 is 11.9 Å². The maximum atomic E-state index is 11.6. The Morgan fingerprint density at radius 3 is 2.44 bits per heavy atom. The number of hydrogen-bond acceptors (Lipinski definition) is 3. The Morgan fingerprint density at radius 1 is 1.25 bits per heavy atom. The largest absolute Gasteiger partial charge is 0.452 e. The number of esters is 1. The lowest BCUT2D eigenvalue weighted by Gasteiger charge is -2.11. The normalized spacial score (nSPS) is 9.69. The Labute approximate surface area is 94.8 Å². The summed E-state index contributed by atoms with van der Waals surface area (Å²) in [5, 5.41) is 0. The van der Waals surface area contributed by atoms with Crippen molar-refractivity contribution < 1.29 is 14.3 Å². The average molecular weight is 221 g/mol. The number of rotatable bonds is 3. The van der Waals surface area contributed by atoms with Crippen LogP contribution in [0.2, 0.25) is 0 Å². The molecule has 4 nitrogen and oxygen atoms in total. The van der Waals surface area contributed by atoms with Crippen LogP contribution in [-0.4, -0.2) is 37.5 Å². The number of benzene rings is 1. The highest BCUT2D eigenvalue weighted by molar-refractivity contribution is 5.92. The third-order valence-corrected chi connectivity index (χ3v) is 2.19. The van der Waals surface area contributed by atoms with E-state index in [0.717, 1.165) is 5.56 Å². The monoisotopic (exact) mass is 221 g/mol. The lowest BCUT2D eigenvalue weighted by atomic mass is 10.1. The lowest BCUT2D eigenvalue weighted by Crippen LogP contribution is -2.27. The molecule has 0 unspecified atom stereocenters. The van der Waals surface area contributed by atoms with Crippen LogP contribution in [0.5, 0.6) is 0 Å². The van der Waals surface area contributed by atoms with E-state index < -0.39 is 5.97 Å². The highest BCUT2D eigenvalue weighted by Crippen LogP contribution is 2.08. The van der Waals surface area contributed by atoms with Gasteiger partial charge in [-0.3, -0.25) is 4.79 Å². The fraction of sp³-hybridized carbons (Fsp3) is 0.333. The Kier molecular flexibility index (Phi) is 4.05. The predicted octanol–water partition coefficient (Wildman–Crippen LogP) is 1.24. The molecule has 0 heterocycles. The summed E-state index contributed by atoms with van der Waals surface area (Å²) < 4.78 is 4.90. The van der Waals surface area contributed by atoms with Crippen LogP contribution >= 0.6 is 0 Å². The predicted molar refractivity (Wildman–Crippen MR) is 60.2 cm³/mol. The molecule has 1 aromatic rings.